The highest BCUT2D eigenvalue weighted by atomic mass is 16.5. The molecule has 0 aromatic heterocycles. The van der Waals surface area contributed by atoms with E-state index in [-0.39, 0.29) is 31.2 Å². The summed E-state index contributed by atoms with van der Waals surface area (Å²) < 4.78 is 5.47. The SMILES string of the molecule is C=CC(C)NC(=O)N1CCC(OCCC(=O)O)CC1. The largest absolute Gasteiger partial charge is 0.481 e. The first kappa shape index (κ1) is 15.5. The van der Waals surface area contributed by atoms with Gasteiger partial charge in [0.1, 0.15) is 0 Å². The monoisotopic (exact) mass is 270 g/mol. The lowest BCUT2D eigenvalue weighted by Crippen LogP contribution is -2.47. The van der Waals surface area contributed by atoms with Crippen LogP contribution >= 0.6 is 0 Å². The van der Waals surface area contributed by atoms with Gasteiger partial charge < -0.3 is 20.1 Å². The summed E-state index contributed by atoms with van der Waals surface area (Å²) in [5.41, 5.74) is 0. The highest BCUT2D eigenvalue weighted by molar-refractivity contribution is 5.74. The minimum atomic E-state index is -0.852. The third-order valence-electron chi connectivity index (χ3n) is 3.10. The third kappa shape index (κ3) is 5.74. The molecule has 0 bridgehead atoms. The predicted octanol–water partition coefficient (Wildman–Crippen LogP) is 1.23. The topological polar surface area (TPSA) is 78.9 Å². The number of carboxylic acids is 1. The summed E-state index contributed by atoms with van der Waals surface area (Å²) in [5.74, 6) is -0.852. The van der Waals surface area contributed by atoms with E-state index in [1.54, 1.807) is 11.0 Å². The summed E-state index contributed by atoms with van der Waals surface area (Å²) in [6.45, 7) is 6.99. The highest BCUT2D eigenvalue weighted by Gasteiger charge is 2.23. The molecule has 1 unspecified atom stereocenters. The zero-order valence-corrected chi connectivity index (χ0v) is 11.3. The number of carboxylic acid groups (broad SMARTS) is 1. The molecule has 0 aromatic rings. The number of urea groups is 1. The van der Waals surface area contributed by atoms with Gasteiger partial charge in [-0.2, -0.15) is 0 Å². The Morgan fingerprint density at radius 1 is 1.53 bits per heavy atom. The fourth-order valence-corrected chi connectivity index (χ4v) is 1.88. The smallest absolute Gasteiger partial charge is 0.317 e. The number of likely N-dealkylation sites (tertiary alicyclic amines) is 1. The summed E-state index contributed by atoms with van der Waals surface area (Å²) in [5, 5.41) is 11.3. The van der Waals surface area contributed by atoms with Gasteiger partial charge in [0.05, 0.1) is 19.1 Å². The summed E-state index contributed by atoms with van der Waals surface area (Å²) in [7, 11) is 0. The van der Waals surface area contributed by atoms with Crippen molar-refractivity contribution in [3.63, 3.8) is 0 Å². The van der Waals surface area contributed by atoms with Gasteiger partial charge in [-0.15, -0.1) is 6.58 Å². The van der Waals surface area contributed by atoms with Crippen molar-refractivity contribution in [1.29, 1.82) is 0 Å². The van der Waals surface area contributed by atoms with Crippen LogP contribution in [0, 0.1) is 0 Å². The molecule has 1 heterocycles. The van der Waals surface area contributed by atoms with Crippen molar-refractivity contribution < 1.29 is 19.4 Å². The van der Waals surface area contributed by atoms with Gasteiger partial charge in [0.25, 0.3) is 0 Å². The Morgan fingerprint density at radius 3 is 2.68 bits per heavy atom. The average Bonchev–Trinajstić information content (AvgIpc) is 2.38. The second-order valence-corrected chi connectivity index (χ2v) is 4.67. The maximum atomic E-state index is 11.8. The van der Waals surface area contributed by atoms with Crippen LogP contribution in [0.5, 0.6) is 0 Å². The van der Waals surface area contributed by atoms with Gasteiger partial charge in [-0.3, -0.25) is 4.79 Å². The molecule has 108 valence electrons. The summed E-state index contributed by atoms with van der Waals surface area (Å²) in [4.78, 5) is 23.9. The molecule has 0 radical (unpaired) electrons. The molecule has 6 heteroatoms. The first-order valence-electron chi connectivity index (χ1n) is 6.54. The Kier molecular flexibility index (Phi) is 6.35. The van der Waals surface area contributed by atoms with Crippen LogP contribution in [0.3, 0.4) is 0 Å². The number of piperidine rings is 1. The number of nitrogens with one attached hydrogen (secondary N) is 1. The molecule has 1 aliphatic rings. The van der Waals surface area contributed by atoms with Crippen LogP contribution < -0.4 is 5.32 Å². The number of rotatable bonds is 6. The van der Waals surface area contributed by atoms with E-state index in [1.165, 1.54) is 0 Å². The van der Waals surface area contributed by atoms with E-state index in [0.29, 0.717) is 13.1 Å². The Labute approximate surface area is 113 Å². The van der Waals surface area contributed by atoms with Crippen molar-refractivity contribution in [2.24, 2.45) is 0 Å². The van der Waals surface area contributed by atoms with Crippen LogP contribution in [-0.4, -0.2) is 53.8 Å². The van der Waals surface area contributed by atoms with E-state index >= 15 is 0 Å². The standard InChI is InChI=1S/C13H22N2O4/c1-3-10(2)14-13(18)15-7-4-11(5-8-15)19-9-6-12(16)17/h3,10-11H,1,4-9H2,2H3,(H,14,18)(H,16,17). The molecule has 0 aromatic carbocycles. The van der Waals surface area contributed by atoms with Crippen LogP contribution in [0.1, 0.15) is 26.2 Å². The molecule has 1 fully saturated rings. The van der Waals surface area contributed by atoms with Crippen LogP contribution in [0.15, 0.2) is 12.7 Å². The molecule has 0 aliphatic carbocycles. The van der Waals surface area contributed by atoms with Crippen LogP contribution in [0.25, 0.3) is 0 Å². The van der Waals surface area contributed by atoms with Gasteiger partial charge in [0.15, 0.2) is 0 Å². The number of carbonyl (C=O) groups excluding carboxylic acids is 1. The zero-order valence-electron chi connectivity index (χ0n) is 11.3. The Bertz CT molecular complexity index is 325. The fraction of sp³-hybridized carbons (Fsp3) is 0.692. The Hall–Kier alpha value is -1.56. The maximum Gasteiger partial charge on any atom is 0.317 e. The van der Waals surface area contributed by atoms with E-state index < -0.39 is 5.97 Å². The Balaban J connectivity index is 2.22. The minimum absolute atomic E-state index is 0.0253. The van der Waals surface area contributed by atoms with Gasteiger partial charge in [0.2, 0.25) is 0 Å². The second-order valence-electron chi connectivity index (χ2n) is 4.67. The first-order chi connectivity index (χ1) is 9.02. The molecule has 6 nitrogen and oxygen atoms in total. The van der Waals surface area contributed by atoms with Crippen molar-refractivity contribution in [3.8, 4) is 0 Å². The average molecular weight is 270 g/mol. The highest BCUT2D eigenvalue weighted by Crippen LogP contribution is 2.14. The molecule has 19 heavy (non-hydrogen) atoms. The molecular weight excluding hydrogens is 248 g/mol. The number of aliphatic carboxylic acids is 1. The van der Waals surface area contributed by atoms with Gasteiger partial charge in [-0.1, -0.05) is 6.08 Å². The van der Waals surface area contributed by atoms with E-state index in [1.807, 2.05) is 6.92 Å². The number of hydrogen-bond donors (Lipinski definition) is 2. The normalized spacial score (nSPS) is 17.8. The molecule has 1 saturated heterocycles. The lowest BCUT2D eigenvalue weighted by Gasteiger charge is -2.32. The molecule has 2 amide bonds. The summed E-state index contributed by atoms with van der Waals surface area (Å²) >= 11 is 0. The Morgan fingerprint density at radius 2 is 2.16 bits per heavy atom. The van der Waals surface area contributed by atoms with Crippen LogP contribution in [0.2, 0.25) is 0 Å². The van der Waals surface area contributed by atoms with E-state index in [4.69, 9.17) is 9.84 Å². The van der Waals surface area contributed by atoms with Gasteiger partial charge in [-0.25, -0.2) is 4.79 Å². The van der Waals surface area contributed by atoms with E-state index in [2.05, 4.69) is 11.9 Å². The van der Waals surface area contributed by atoms with Crippen molar-refractivity contribution in [1.82, 2.24) is 10.2 Å². The van der Waals surface area contributed by atoms with Crippen molar-refractivity contribution >= 4 is 12.0 Å². The molecule has 1 atom stereocenters. The second kappa shape index (κ2) is 7.78. The molecule has 1 aliphatic heterocycles. The zero-order chi connectivity index (χ0) is 14.3. The number of hydrogen-bond acceptors (Lipinski definition) is 3. The molecule has 2 N–H and O–H groups in total. The number of nitrogens with zero attached hydrogens (tertiary/aromatic N) is 1. The van der Waals surface area contributed by atoms with Crippen molar-refractivity contribution in [2.75, 3.05) is 19.7 Å². The lowest BCUT2D eigenvalue weighted by molar-refractivity contribution is -0.138. The summed E-state index contributed by atoms with van der Waals surface area (Å²) in [6, 6.07) is -0.131. The fourth-order valence-electron chi connectivity index (χ4n) is 1.88. The number of ether oxygens (including phenoxy) is 1. The third-order valence-corrected chi connectivity index (χ3v) is 3.10. The summed E-state index contributed by atoms with van der Waals surface area (Å²) in [6.07, 6.45) is 3.25. The van der Waals surface area contributed by atoms with E-state index in [0.717, 1.165) is 12.8 Å². The molecular formula is C13H22N2O4. The molecule has 1 rings (SSSR count). The number of amides is 2. The van der Waals surface area contributed by atoms with Gasteiger partial charge >= 0.3 is 12.0 Å². The predicted molar refractivity (Wildman–Crippen MR) is 71.0 cm³/mol. The minimum Gasteiger partial charge on any atom is -0.481 e. The maximum absolute atomic E-state index is 11.8. The van der Waals surface area contributed by atoms with Crippen molar-refractivity contribution in [2.45, 2.75) is 38.3 Å². The van der Waals surface area contributed by atoms with Crippen LogP contribution in [0.4, 0.5) is 4.79 Å². The first-order valence-corrected chi connectivity index (χ1v) is 6.54. The van der Waals surface area contributed by atoms with E-state index in [9.17, 15) is 9.59 Å². The van der Waals surface area contributed by atoms with Gasteiger partial charge in [0, 0.05) is 19.1 Å². The molecule has 0 spiro atoms. The number of carbonyl (C=O) groups is 2. The van der Waals surface area contributed by atoms with Gasteiger partial charge in [-0.05, 0) is 19.8 Å². The van der Waals surface area contributed by atoms with Crippen LogP contribution in [-0.2, 0) is 9.53 Å². The molecule has 0 saturated carbocycles. The lowest BCUT2D eigenvalue weighted by atomic mass is 10.1. The quantitative estimate of drug-likeness (QED) is 0.711. The van der Waals surface area contributed by atoms with Crippen molar-refractivity contribution in [3.05, 3.63) is 12.7 Å².